The molecule has 0 bridgehead atoms. The van der Waals surface area contributed by atoms with E-state index in [9.17, 15) is 9.90 Å². The number of rotatable bonds is 3. The Bertz CT molecular complexity index is 774. The minimum absolute atomic E-state index is 0.211. The number of hydrogen-bond donors (Lipinski definition) is 0. The first-order valence-electron chi connectivity index (χ1n) is 6.70. The Labute approximate surface area is 123 Å². The summed E-state index contributed by atoms with van der Waals surface area (Å²) >= 11 is 0. The molecule has 2 aromatic carbocycles. The van der Waals surface area contributed by atoms with Crippen LogP contribution in [0.5, 0.6) is 0 Å². The van der Waals surface area contributed by atoms with Crippen LogP contribution in [-0.2, 0) is 7.05 Å². The largest absolute Gasteiger partial charge is 0.545 e. The van der Waals surface area contributed by atoms with E-state index in [-0.39, 0.29) is 5.56 Å². The first-order chi connectivity index (χ1) is 10.2. The van der Waals surface area contributed by atoms with Crippen LogP contribution in [0.4, 0.5) is 0 Å². The van der Waals surface area contributed by atoms with Crippen molar-refractivity contribution in [2.24, 2.45) is 7.05 Å². The summed E-state index contributed by atoms with van der Waals surface area (Å²) in [4.78, 5) is 11.5. The molecule has 104 valence electrons. The molecule has 0 atom stereocenters. The second-order valence-electron chi connectivity index (χ2n) is 4.87. The van der Waals surface area contributed by atoms with Crippen molar-refractivity contribution in [3.05, 3.63) is 72.3 Å². The lowest BCUT2D eigenvalue weighted by Crippen LogP contribution is -2.22. The van der Waals surface area contributed by atoms with Crippen LogP contribution in [0.1, 0.15) is 10.4 Å². The molecule has 3 heteroatoms. The molecular weight excluding hydrogens is 262 g/mol. The Morgan fingerprint density at radius 1 is 0.905 bits per heavy atom. The Morgan fingerprint density at radius 2 is 1.43 bits per heavy atom. The van der Waals surface area contributed by atoms with Gasteiger partial charge in [0, 0.05) is 18.3 Å². The van der Waals surface area contributed by atoms with Gasteiger partial charge in [-0.25, -0.2) is 0 Å². The zero-order valence-electron chi connectivity index (χ0n) is 11.6. The summed E-state index contributed by atoms with van der Waals surface area (Å²) in [5.74, 6) is -1.16. The third-order valence-corrected chi connectivity index (χ3v) is 3.57. The molecule has 3 aromatic rings. The molecule has 0 radical (unpaired) electrons. The zero-order valence-corrected chi connectivity index (χ0v) is 11.6. The van der Waals surface area contributed by atoms with E-state index in [1.54, 1.807) is 6.07 Å². The standard InChI is InChI=1S/C18H15NO2/c1-19-16(13-8-4-2-5-9-13)12-15(18(20)21)17(19)14-10-6-3-7-11-14/h2-12H,1H3,(H,20,21)/p-1. The maximum absolute atomic E-state index is 11.5. The third-order valence-electron chi connectivity index (χ3n) is 3.57. The summed E-state index contributed by atoms with van der Waals surface area (Å²) in [6.07, 6.45) is 0. The van der Waals surface area contributed by atoms with E-state index in [1.165, 1.54) is 0 Å². The average molecular weight is 276 g/mol. The molecule has 3 nitrogen and oxygen atoms in total. The highest BCUT2D eigenvalue weighted by molar-refractivity contribution is 5.96. The van der Waals surface area contributed by atoms with E-state index in [2.05, 4.69) is 0 Å². The van der Waals surface area contributed by atoms with Crippen molar-refractivity contribution in [3.8, 4) is 22.5 Å². The van der Waals surface area contributed by atoms with Crippen molar-refractivity contribution in [1.29, 1.82) is 0 Å². The van der Waals surface area contributed by atoms with Gasteiger partial charge in [-0.1, -0.05) is 60.7 Å². The molecule has 0 amide bonds. The fraction of sp³-hybridized carbons (Fsp3) is 0.0556. The van der Waals surface area contributed by atoms with Gasteiger partial charge in [-0.15, -0.1) is 0 Å². The molecule has 0 unspecified atom stereocenters. The number of benzene rings is 2. The van der Waals surface area contributed by atoms with E-state index < -0.39 is 5.97 Å². The lowest BCUT2D eigenvalue weighted by atomic mass is 10.1. The van der Waals surface area contributed by atoms with Crippen LogP contribution in [0.3, 0.4) is 0 Å². The number of carboxylic acid groups (broad SMARTS) is 1. The van der Waals surface area contributed by atoms with Crippen LogP contribution < -0.4 is 5.11 Å². The third kappa shape index (κ3) is 2.34. The quantitative estimate of drug-likeness (QED) is 0.738. The monoisotopic (exact) mass is 276 g/mol. The minimum Gasteiger partial charge on any atom is -0.545 e. The van der Waals surface area contributed by atoms with Gasteiger partial charge in [-0.3, -0.25) is 0 Å². The second-order valence-corrected chi connectivity index (χ2v) is 4.87. The molecule has 0 N–H and O–H groups in total. The normalized spacial score (nSPS) is 10.5. The van der Waals surface area contributed by atoms with E-state index in [1.807, 2.05) is 72.3 Å². The predicted molar refractivity (Wildman–Crippen MR) is 80.6 cm³/mol. The molecular formula is C18H14NO2-. The summed E-state index contributed by atoms with van der Waals surface area (Å²) < 4.78 is 1.90. The second kappa shape index (κ2) is 5.29. The highest BCUT2D eigenvalue weighted by Gasteiger charge is 2.15. The zero-order chi connectivity index (χ0) is 14.8. The van der Waals surface area contributed by atoms with Crippen molar-refractivity contribution < 1.29 is 9.90 Å². The molecule has 0 saturated heterocycles. The first-order valence-corrected chi connectivity index (χ1v) is 6.70. The minimum atomic E-state index is -1.16. The van der Waals surface area contributed by atoms with Gasteiger partial charge in [0.15, 0.2) is 0 Å². The maximum Gasteiger partial charge on any atom is 0.0737 e. The van der Waals surface area contributed by atoms with Gasteiger partial charge in [0.05, 0.1) is 11.7 Å². The van der Waals surface area contributed by atoms with Crippen LogP contribution >= 0.6 is 0 Å². The van der Waals surface area contributed by atoms with Crippen molar-refractivity contribution >= 4 is 5.97 Å². The number of aromatic nitrogens is 1. The fourth-order valence-electron chi connectivity index (χ4n) is 2.59. The van der Waals surface area contributed by atoms with Gasteiger partial charge in [0.25, 0.3) is 0 Å². The van der Waals surface area contributed by atoms with Crippen molar-refractivity contribution in [2.75, 3.05) is 0 Å². The molecule has 0 aliphatic carbocycles. The molecule has 0 aliphatic rings. The van der Waals surface area contributed by atoms with Crippen LogP contribution in [-0.4, -0.2) is 10.5 Å². The van der Waals surface area contributed by atoms with E-state index in [4.69, 9.17) is 0 Å². The highest BCUT2D eigenvalue weighted by Crippen LogP contribution is 2.31. The van der Waals surface area contributed by atoms with Gasteiger partial charge < -0.3 is 14.5 Å². The number of carboxylic acids is 1. The Kier molecular flexibility index (Phi) is 3.32. The molecule has 1 aromatic heterocycles. The van der Waals surface area contributed by atoms with Crippen LogP contribution in [0.2, 0.25) is 0 Å². The number of nitrogens with zero attached hydrogens (tertiary/aromatic N) is 1. The van der Waals surface area contributed by atoms with Gasteiger partial charge in [-0.2, -0.15) is 0 Å². The molecule has 0 fully saturated rings. The van der Waals surface area contributed by atoms with Crippen molar-refractivity contribution in [1.82, 2.24) is 4.57 Å². The maximum atomic E-state index is 11.5. The summed E-state index contributed by atoms with van der Waals surface area (Å²) in [5, 5.41) is 11.5. The molecule has 1 heterocycles. The Balaban J connectivity index is 2.25. The van der Waals surface area contributed by atoms with E-state index in [0.717, 1.165) is 16.8 Å². The smallest absolute Gasteiger partial charge is 0.0737 e. The van der Waals surface area contributed by atoms with Crippen LogP contribution in [0, 0.1) is 0 Å². The molecule has 0 aliphatic heterocycles. The lowest BCUT2D eigenvalue weighted by molar-refractivity contribution is -0.254. The Hall–Kier alpha value is -2.81. The molecule has 3 rings (SSSR count). The van der Waals surface area contributed by atoms with Gasteiger partial charge in [0.2, 0.25) is 0 Å². The molecule has 0 saturated carbocycles. The first kappa shape index (κ1) is 13.2. The lowest BCUT2D eigenvalue weighted by Gasteiger charge is -2.10. The number of hydrogen-bond acceptors (Lipinski definition) is 2. The summed E-state index contributed by atoms with van der Waals surface area (Å²) in [6.45, 7) is 0. The van der Waals surface area contributed by atoms with Crippen molar-refractivity contribution in [2.45, 2.75) is 0 Å². The molecule has 0 spiro atoms. The topological polar surface area (TPSA) is 45.1 Å². The SMILES string of the molecule is Cn1c(-c2ccccc2)cc(C(=O)[O-])c1-c1ccccc1. The Morgan fingerprint density at radius 3 is 1.95 bits per heavy atom. The van der Waals surface area contributed by atoms with E-state index in [0.29, 0.717) is 5.69 Å². The number of carbonyl (C=O) groups excluding carboxylic acids is 1. The highest BCUT2D eigenvalue weighted by atomic mass is 16.4. The van der Waals surface area contributed by atoms with Gasteiger partial charge >= 0.3 is 0 Å². The summed E-state index contributed by atoms with van der Waals surface area (Å²) in [7, 11) is 1.87. The summed E-state index contributed by atoms with van der Waals surface area (Å²) in [6, 6.07) is 20.9. The predicted octanol–water partition coefficient (Wildman–Crippen LogP) is 2.72. The fourth-order valence-corrected chi connectivity index (χ4v) is 2.59. The number of carbonyl (C=O) groups is 1. The summed E-state index contributed by atoms with van der Waals surface area (Å²) in [5.41, 5.74) is 3.57. The molecule has 21 heavy (non-hydrogen) atoms. The number of aromatic carboxylic acids is 1. The van der Waals surface area contributed by atoms with E-state index >= 15 is 0 Å². The van der Waals surface area contributed by atoms with Gasteiger partial charge in [0.1, 0.15) is 0 Å². The van der Waals surface area contributed by atoms with Crippen LogP contribution in [0.25, 0.3) is 22.5 Å². The van der Waals surface area contributed by atoms with Gasteiger partial charge in [-0.05, 0) is 17.2 Å². The average Bonchev–Trinajstić information content (AvgIpc) is 2.87. The van der Waals surface area contributed by atoms with Crippen LogP contribution in [0.15, 0.2) is 66.7 Å². The van der Waals surface area contributed by atoms with Crippen molar-refractivity contribution in [3.63, 3.8) is 0 Å².